The van der Waals surface area contributed by atoms with Crippen molar-refractivity contribution < 1.29 is 0 Å². The SMILES string of the molecule is Cn1c(CCl)nnc1-c1ccc(C(C)(C)C)cc1. The minimum Gasteiger partial charge on any atom is -0.313 e. The highest BCUT2D eigenvalue weighted by Gasteiger charge is 2.14. The lowest BCUT2D eigenvalue weighted by Crippen LogP contribution is -2.10. The van der Waals surface area contributed by atoms with Gasteiger partial charge in [-0.25, -0.2) is 0 Å². The molecule has 0 saturated carbocycles. The lowest BCUT2D eigenvalue weighted by molar-refractivity contribution is 0.590. The number of alkyl halides is 1. The molecule has 18 heavy (non-hydrogen) atoms. The Hall–Kier alpha value is -1.35. The zero-order valence-electron chi connectivity index (χ0n) is 11.2. The van der Waals surface area contributed by atoms with E-state index in [1.807, 2.05) is 11.6 Å². The number of halogens is 1. The molecule has 0 aliphatic carbocycles. The van der Waals surface area contributed by atoms with Gasteiger partial charge < -0.3 is 4.57 Å². The maximum atomic E-state index is 5.79. The third-order valence-corrected chi connectivity index (χ3v) is 3.33. The molecule has 3 nitrogen and oxygen atoms in total. The molecule has 4 heteroatoms. The monoisotopic (exact) mass is 263 g/mol. The van der Waals surface area contributed by atoms with E-state index in [0.717, 1.165) is 17.2 Å². The van der Waals surface area contributed by atoms with Crippen LogP contribution in [0, 0.1) is 0 Å². The Labute approximate surface area is 113 Å². The highest BCUT2D eigenvalue weighted by Crippen LogP contribution is 2.25. The van der Waals surface area contributed by atoms with Crippen LogP contribution in [0.4, 0.5) is 0 Å². The van der Waals surface area contributed by atoms with Crippen LogP contribution in [0.15, 0.2) is 24.3 Å². The lowest BCUT2D eigenvalue weighted by Gasteiger charge is -2.19. The van der Waals surface area contributed by atoms with Gasteiger partial charge in [-0.05, 0) is 11.0 Å². The summed E-state index contributed by atoms with van der Waals surface area (Å²) < 4.78 is 1.93. The highest BCUT2D eigenvalue weighted by molar-refractivity contribution is 6.16. The Morgan fingerprint density at radius 2 is 1.72 bits per heavy atom. The van der Waals surface area contributed by atoms with Gasteiger partial charge in [0.2, 0.25) is 0 Å². The van der Waals surface area contributed by atoms with E-state index in [9.17, 15) is 0 Å². The topological polar surface area (TPSA) is 30.7 Å². The fourth-order valence-corrected chi connectivity index (χ4v) is 2.08. The first-order valence-electron chi connectivity index (χ1n) is 5.98. The molecule has 96 valence electrons. The quantitative estimate of drug-likeness (QED) is 0.776. The van der Waals surface area contributed by atoms with E-state index in [1.165, 1.54) is 5.56 Å². The molecule has 0 fully saturated rings. The number of rotatable bonds is 2. The van der Waals surface area contributed by atoms with Crippen molar-refractivity contribution in [2.24, 2.45) is 7.05 Å². The summed E-state index contributed by atoms with van der Waals surface area (Å²) in [7, 11) is 1.94. The average Bonchev–Trinajstić information content (AvgIpc) is 2.69. The number of aromatic nitrogens is 3. The third kappa shape index (κ3) is 2.41. The first-order chi connectivity index (χ1) is 8.43. The lowest BCUT2D eigenvalue weighted by atomic mass is 9.87. The van der Waals surface area contributed by atoms with Crippen molar-refractivity contribution in [2.45, 2.75) is 32.1 Å². The minimum atomic E-state index is 0.166. The predicted molar refractivity (Wildman–Crippen MR) is 74.7 cm³/mol. The molecule has 1 heterocycles. The summed E-state index contributed by atoms with van der Waals surface area (Å²) in [5.41, 5.74) is 2.54. The summed E-state index contributed by atoms with van der Waals surface area (Å²) in [6.45, 7) is 6.61. The summed E-state index contributed by atoms with van der Waals surface area (Å²) in [5, 5.41) is 8.24. The molecular formula is C14H18ClN3. The Kier molecular flexibility index (Phi) is 3.44. The van der Waals surface area contributed by atoms with Gasteiger partial charge in [0, 0.05) is 12.6 Å². The van der Waals surface area contributed by atoms with Crippen LogP contribution in [0.25, 0.3) is 11.4 Å². The van der Waals surface area contributed by atoms with Crippen LogP contribution < -0.4 is 0 Å². The van der Waals surface area contributed by atoms with E-state index >= 15 is 0 Å². The molecule has 0 aliphatic rings. The van der Waals surface area contributed by atoms with E-state index in [-0.39, 0.29) is 5.41 Å². The molecule has 0 spiro atoms. The van der Waals surface area contributed by atoms with Gasteiger partial charge in [0.05, 0.1) is 5.88 Å². The van der Waals surface area contributed by atoms with Crippen LogP contribution in [0.3, 0.4) is 0 Å². The van der Waals surface area contributed by atoms with Gasteiger partial charge in [0.15, 0.2) is 5.82 Å². The van der Waals surface area contributed by atoms with Crippen molar-refractivity contribution in [3.05, 3.63) is 35.7 Å². The molecule has 0 unspecified atom stereocenters. The molecular weight excluding hydrogens is 246 g/mol. The van der Waals surface area contributed by atoms with Gasteiger partial charge in [-0.2, -0.15) is 0 Å². The maximum Gasteiger partial charge on any atom is 0.163 e. The Morgan fingerprint density at radius 1 is 1.11 bits per heavy atom. The molecule has 0 bridgehead atoms. The van der Waals surface area contributed by atoms with Crippen molar-refractivity contribution in [3.8, 4) is 11.4 Å². The molecule has 1 aromatic heterocycles. The van der Waals surface area contributed by atoms with Gasteiger partial charge in [-0.1, -0.05) is 45.0 Å². The van der Waals surface area contributed by atoms with Crippen molar-refractivity contribution >= 4 is 11.6 Å². The average molecular weight is 264 g/mol. The fourth-order valence-electron chi connectivity index (χ4n) is 1.85. The minimum absolute atomic E-state index is 0.166. The first kappa shape index (κ1) is 13.1. The second kappa shape index (κ2) is 4.73. The van der Waals surface area contributed by atoms with E-state index in [4.69, 9.17) is 11.6 Å². The van der Waals surface area contributed by atoms with Crippen molar-refractivity contribution in [2.75, 3.05) is 0 Å². The molecule has 0 amide bonds. The largest absolute Gasteiger partial charge is 0.313 e. The van der Waals surface area contributed by atoms with Crippen molar-refractivity contribution in [1.82, 2.24) is 14.8 Å². The standard InChI is InChI=1S/C14H18ClN3/c1-14(2,3)11-7-5-10(6-8-11)13-17-16-12(9-15)18(13)4/h5-8H,9H2,1-4H3. The van der Waals surface area contributed by atoms with Gasteiger partial charge >= 0.3 is 0 Å². The molecule has 1 aromatic carbocycles. The smallest absolute Gasteiger partial charge is 0.163 e. The van der Waals surface area contributed by atoms with Crippen LogP contribution >= 0.6 is 11.6 Å². The molecule has 0 aliphatic heterocycles. The van der Waals surface area contributed by atoms with Crippen LogP contribution in [-0.2, 0) is 18.3 Å². The second-order valence-corrected chi connectivity index (χ2v) is 5.73. The van der Waals surface area contributed by atoms with E-state index in [1.54, 1.807) is 0 Å². The molecule has 0 N–H and O–H groups in total. The summed E-state index contributed by atoms with van der Waals surface area (Å²) >= 11 is 5.79. The van der Waals surface area contributed by atoms with E-state index in [2.05, 4.69) is 55.2 Å². The molecule has 0 saturated heterocycles. The summed E-state index contributed by atoms with van der Waals surface area (Å²) in [4.78, 5) is 0. The van der Waals surface area contributed by atoms with Crippen molar-refractivity contribution in [3.63, 3.8) is 0 Å². The molecule has 0 radical (unpaired) electrons. The van der Waals surface area contributed by atoms with Crippen LogP contribution in [-0.4, -0.2) is 14.8 Å². The Bertz CT molecular complexity index is 535. The van der Waals surface area contributed by atoms with Gasteiger partial charge in [-0.3, -0.25) is 0 Å². The van der Waals surface area contributed by atoms with Gasteiger partial charge in [0.25, 0.3) is 0 Å². The molecule has 2 rings (SSSR count). The first-order valence-corrected chi connectivity index (χ1v) is 6.52. The van der Waals surface area contributed by atoms with E-state index in [0.29, 0.717) is 5.88 Å². The third-order valence-electron chi connectivity index (χ3n) is 3.09. The van der Waals surface area contributed by atoms with Crippen LogP contribution in [0.2, 0.25) is 0 Å². The number of benzene rings is 1. The number of hydrogen-bond acceptors (Lipinski definition) is 2. The molecule has 2 aromatic rings. The zero-order valence-corrected chi connectivity index (χ0v) is 12.0. The summed E-state index contributed by atoms with van der Waals surface area (Å²) in [6, 6.07) is 8.46. The fraction of sp³-hybridized carbons (Fsp3) is 0.429. The second-order valence-electron chi connectivity index (χ2n) is 5.46. The Morgan fingerprint density at radius 3 is 2.17 bits per heavy atom. The maximum absolute atomic E-state index is 5.79. The number of hydrogen-bond donors (Lipinski definition) is 0. The zero-order chi connectivity index (χ0) is 13.3. The Balaban J connectivity index is 2.37. The predicted octanol–water partition coefficient (Wildman–Crippen LogP) is 3.52. The van der Waals surface area contributed by atoms with Crippen LogP contribution in [0.5, 0.6) is 0 Å². The van der Waals surface area contributed by atoms with E-state index < -0.39 is 0 Å². The number of nitrogens with zero attached hydrogens (tertiary/aromatic N) is 3. The summed E-state index contributed by atoms with van der Waals surface area (Å²) in [6.07, 6.45) is 0. The highest BCUT2D eigenvalue weighted by atomic mass is 35.5. The van der Waals surface area contributed by atoms with Gasteiger partial charge in [0.1, 0.15) is 5.82 Å². The normalized spacial score (nSPS) is 11.8. The van der Waals surface area contributed by atoms with Crippen LogP contribution in [0.1, 0.15) is 32.2 Å². The summed E-state index contributed by atoms with van der Waals surface area (Å²) in [5.74, 6) is 2.02. The van der Waals surface area contributed by atoms with Crippen molar-refractivity contribution in [1.29, 1.82) is 0 Å². The van der Waals surface area contributed by atoms with Gasteiger partial charge in [-0.15, -0.1) is 21.8 Å². The molecule has 0 atom stereocenters.